The van der Waals surface area contributed by atoms with Crippen LogP contribution in [0.2, 0.25) is 0 Å². The minimum atomic E-state index is -0.842. The molecule has 0 aliphatic carbocycles. The molecule has 2 aliphatic rings. The highest BCUT2D eigenvalue weighted by Crippen LogP contribution is 2.45. The molecule has 5 nitrogen and oxygen atoms in total. The Kier molecular flexibility index (Phi) is 6.13. The second-order valence-corrected chi connectivity index (χ2v) is 9.24. The second kappa shape index (κ2) is 8.24. The number of likely N-dealkylation sites (N-methyl/N-ethyl adjacent to an activating group) is 1. The van der Waals surface area contributed by atoms with Gasteiger partial charge in [0.05, 0.1) is 0 Å². The van der Waals surface area contributed by atoms with Crippen LogP contribution in [0.15, 0.2) is 30.3 Å². The fraction of sp³-hybridized carbons (Fsp3) is 0.652. The van der Waals surface area contributed by atoms with Crippen LogP contribution in [-0.2, 0) is 9.59 Å². The van der Waals surface area contributed by atoms with Gasteiger partial charge in [-0.05, 0) is 56.6 Å². The van der Waals surface area contributed by atoms with Gasteiger partial charge in [-0.1, -0.05) is 37.3 Å². The van der Waals surface area contributed by atoms with Crippen molar-refractivity contribution in [1.29, 1.82) is 0 Å². The number of nitrogens with one attached hydrogen (secondary N) is 1. The zero-order chi connectivity index (χ0) is 20.4. The molecule has 1 aromatic rings. The maximum Gasteiger partial charge on any atom is 0.247 e. The third kappa shape index (κ3) is 4.57. The number of piperidine rings is 2. The summed E-state index contributed by atoms with van der Waals surface area (Å²) >= 11 is 0. The number of benzene rings is 1. The number of carbonyl (C=O) groups excluding carboxylic acids is 2. The Labute approximate surface area is 169 Å². The van der Waals surface area contributed by atoms with Crippen molar-refractivity contribution in [1.82, 2.24) is 15.1 Å². The topological polar surface area (TPSA) is 52.6 Å². The summed E-state index contributed by atoms with van der Waals surface area (Å²) < 4.78 is 0. The van der Waals surface area contributed by atoms with Crippen molar-refractivity contribution < 1.29 is 9.59 Å². The van der Waals surface area contributed by atoms with Gasteiger partial charge < -0.3 is 15.1 Å². The highest BCUT2D eigenvalue weighted by atomic mass is 16.2. The van der Waals surface area contributed by atoms with E-state index in [2.05, 4.69) is 47.5 Å². The van der Waals surface area contributed by atoms with E-state index in [0.717, 1.165) is 45.6 Å². The van der Waals surface area contributed by atoms with E-state index in [1.54, 1.807) is 13.8 Å². The summed E-state index contributed by atoms with van der Waals surface area (Å²) in [4.78, 5) is 28.9. The lowest BCUT2D eigenvalue weighted by molar-refractivity contribution is -0.142. The van der Waals surface area contributed by atoms with Crippen LogP contribution in [0.4, 0.5) is 0 Å². The standard InChI is InChI=1S/C23H35N3O2/c1-5-25-16-20(19-9-7-6-8-10-19)15-23(17-25)11-13-26(14-12-23)21(28)22(3,4)24-18(2)27/h6-10,20H,5,11-17H2,1-4H3,(H,24,27). The van der Waals surface area contributed by atoms with E-state index in [4.69, 9.17) is 0 Å². The average Bonchev–Trinajstić information content (AvgIpc) is 2.67. The Balaban J connectivity index is 1.69. The minimum absolute atomic E-state index is 0.0281. The van der Waals surface area contributed by atoms with Crippen LogP contribution < -0.4 is 5.32 Å². The van der Waals surface area contributed by atoms with Crippen LogP contribution in [0.5, 0.6) is 0 Å². The molecule has 1 unspecified atom stereocenters. The molecule has 1 aromatic carbocycles. The van der Waals surface area contributed by atoms with Crippen molar-refractivity contribution in [3.8, 4) is 0 Å². The second-order valence-electron chi connectivity index (χ2n) is 9.24. The highest BCUT2D eigenvalue weighted by Gasteiger charge is 2.44. The van der Waals surface area contributed by atoms with Gasteiger partial charge in [0.25, 0.3) is 0 Å². The van der Waals surface area contributed by atoms with Crippen molar-refractivity contribution in [3.05, 3.63) is 35.9 Å². The van der Waals surface area contributed by atoms with E-state index in [0.29, 0.717) is 5.92 Å². The van der Waals surface area contributed by atoms with Crippen LogP contribution in [0.3, 0.4) is 0 Å². The van der Waals surface area contributed by atoms with Gasteiger partial charge in [0, 0.05) is 33.1 Å². The molecular weight excluding hydrogens is 350 g/mol. The molecule has 2 heterocycles. The highest BCUT2D eigenvalue weighted by molar-refractivity contribution is 5.90. The number of amides is 2. The third-order valence-electron chi connectivity index (χ3n) is 6.57. The lowest BCUT2D eigenvalue weighted by Crippen LogP contribution is -2.59. The van der Waals surface area contributed by atoms with Crippen molar-refractivity contribution in [2.45, 2.75) is 58.4 Å². The largest absolute Gasteiger partial charge is 0.342 e. The molecule has 0 aromatic heterocycles. The fourth-order valence-corrected chi connectivity index (χ4v) is 5.13. The van der Waals surface area contributed by atoms with E-state index < -0.39 is 5.54 Å². The molecule has 2 saturated heterocycles. The van der Waals surface area contributed by atoms with Crippen molar-refractivity contribution in [2.24, 2.45) is 5.41 Å². The van der Waals surface area contributed by atoms with E-state index in [1.807, 2.05) is 4.90 Å². The first-order valence-electron chi connectivity index (χ1n) is 10.6. The molecule has 1 atom stereocenters. The normalized spacial score (nSPS) is 22.9. The maximum absolute atomic E-state index is 12.9. The van der Waals surface area contributed by atoms with E-state index in [-0.39, 0.29) is 17.2 Å². The summed E-state index contributed by atoms with van der Waals surface area (Å²) in [7, 11) is 0. The van der Waals surface area contributed by atoms with Gasteiger partial charge in [0.1, 0.15) is 5.54 Å². The molecule has 2 fully saturated rings. The first-order valence-corrected chi connectivity index (χ1v) is 10.6. The zero-order valence-corrected chi connectivity index (χ0v) is 17.8. The predicted octanol–water partition coefficient (Wildman–Crippen LogP) is 3.02. The molecule has 1 N–H and O–H groups in total. The Hall–Kier alpha value is -1.88. The molecular formula is C23H35N3O2. The van der Waals surface area contributed by atoms with Gasteiger partial charge in [0.2, 0.25) is 11.8 Å². The van der Waals surface area contributed by atoms with Gasteiger partial charge in [-0.3, -0.25) is 9.59 Å². The summed E-state index contributed by atoms with van der Waals surface area (Å²) in [6.07, 6.45) is 3.27. The van der Waals surface area contributed by atoms with Crippen molar-refractivity contribution in [3.63, 3.8) is 0 Å². The summed E-state index contributed by atoms with van der Waals surface area (Å²) in [5, 5.41) is 2.79. The van der Waals surface area contributed by atoms with Gasteiger partial charge in [-0.15, -0.1) is 0 Å². The lowest BCUT2D eigenvalue weighted by Gasteiger charge is -2.51. The third-order valence-corrected chi connectivity index (χ3v) is 6.57. The summed E-state index contributed by atoms with van der Waals surface area (Å²) in [6.45, 7) is 12.2. The number of likely N-dealkylation sites (tertiary alicyclic amines) is 2. The molecule has 5 heteroatoms. The quantitative estimate of drug-likeness (QED) is 0.867. The Morgan fingerprint density at radius 1 is 1.18 bits per heavy atom. The van der Waals surface area contributed by atoms with Gasteiger partial charge in [-0.2, -0.15) is 0 Å². The smallest absolute Gasteiger partial charge is 0.247 e. The van der Waals surface area contributed by atoms with Crippen molar-refractivity contribution in [2.75, 3.05) is 32.7 Å². The number of hydrogen-bond acceptors (Lipinski definition) is 3. The first-order chi connectivity index (χ1) is 13.2. The monoisotopic (exact) mass is 385 g/mol. The first kappa shape index (κ1) is 20.8. The number of nitrogens with zero attached hydrogens (tertiary/aromatic N) is 2. The summed E-state index contributed by atoms with van der Waals surface area (Å²) in [6, 6.07) is 10.9. The lowest BCUT2D eigenvalue weighted by atomic mass is 9.68. The molecule has 0 saturated carbocycles. The number of rotatable bonds is 4. The predicted molar refractivity (Wildman–Crippen MR) is 112 cm³/mol. The summed E-state index contributed by atoms with van der Waals surface area (Å²) in [5.74, 6) is 0.427. The molecule has 1 spiro atoms. The molecule has 28 heavy (non-hydrogen) atoms. The van der Waals surface area contributed by atoms with Crippen LogP contribution >= 0.6 is 0 Å². The van der Waals surface area contributed by atoms with E-state index >= 15 is 0 Å². The Bertz CT molecular complexity index is 693. The maximum atomic E-state index is 12.9. The fourth-order valence-electron chi connectivity index (χ4n) is 5.13. The SMILES string of the molecule is CCN1CC(c2ccccc2)CC2(CCN(C(=O)C(C)(C)NC(C)=O)CC2)C1. The zero-order valence-electron chi connectivity index (χ0n) is 17.8. The van der Waals surface area contributed by atoms with Crippen LogP contribution in [-0.4, -0.2) is 59.9 Å². The average molecular weight is 386 g/mol. The number of hydrogen-bond donors (Lipinski definition) is 1. The molecule has 0 bridgehead atoms. The van der Waals surface area contributed by atoms with E-state index in [9.17, 15) is 9.59 Å². The van der Waals surface area contributed by atoms with Crippen LogP contribution in [0, 0.1) is 5.41 Å². The Morgan fingerprint density at radius 3 is 2.39 bits per heavy atom. The molecule has 154 valence electrons. The van der Waals surface area contributed by atoms with Crippen LogP contribution in [0.25, 0.3) is 0 Å². The molecule has 2 aliphatic heterocycles. The van der Waals surface area contributed by atoms with Crippen molar-refractivity contribution >= 4 is 11.8 Å². The molecule has 3 rings (SSSR count). The van der Waals surface area contributed by atoms with Gasteiger partial charge in [0.15, 0.2) is 0 Å². The molecule has 2 amide bonds. The van der Waals surface area contributed by atoms with Crippen LogP contribution in [0.1, 0.15) is 58.4 Å². The van der Waals surface area contributed by atoms with E-state index in [1.165, 1.54) is 18.9 Å². The Morgan fingerprint density at radius 2 is 1.82 bits per heavy atom. The summed E-state index contributed by atoms with van der Waals surface area (Å²) in [5.41, 5.74) is 0.875. The van der Waals surface area contributed by atoms with Gasteiger partial charge >= 0.3 is 0 Å². The number of carbonyl (C=O) groups is 2. The minimum Gasteiger partial charge on any atom is -0.342 e. The van der Waals surface area contributed by atoms with Gasteiger partial charge in [-0.25, -0.2) is 0 Å². The molecule has 0 radical (unpaired) electrons.